The molecular weight excluding hydrogens is 322 g/mol. The highest BCUT2D eigenvalue weighted by atomic mass is 16.2. The molecular formula is C23H17NO2. The van der Waals surface area contributed by atoms with Crippen molar-refractivity contribution in [3.05, 3.63) is 96.1 Å². The predicted molar refractivity (Wildman–Crippen MR) is 104 cm³/mol. The van der Waals surface area contributed by atoms with Gasteiger partial charge < -0.3 is 0 Å². The SMILES string of the molecule is O=C(Cc1cccc2ccccc12)NC(=O)c1cccc2ccccc12. The van der Waals surface area contributed by atoms with Gasteiger partial charge in [0.15, 0.2) is 0 Å². The summed E-state index contributed by atoms with van der Waals surface area (Å²) >= 11 is 0. The van der Waals surface area contributed by atoms with Crippen LogP contribution >= 0.6 is 0 Å². The van der Waals surface area contributed by atoms with Gasteiger partial charge in [0.2, 0.25) is 5.91 Å². The Hall–Kier alpha value is -3.46. The largest absolute Gasteiger partial charge is 0.292 e. The van der Waals surface area contributed by atoms with Gasteiger partial charge in [0.05, 0.1) is 6.42 Å². The fourth-order valence-electron chi connectivity index (χ4n) is 3.28. The van der Waals surface area contributed by atoms with Gasteiger partial charge in [0.1, 0.15) is 0 Å². The molecule has 126 valence electrons. The summed E-state index contributed by atoms with van der Waals surface area (Å²) in [6.45, 7) is 0. The van der Waals surface area contributed by atoms with Gasteiger partial charge in [-0.2, -0.15) is 0 Å². The first kappa shape index (κ1) is 16.0. The second kappa shape index (κ2) is 6.81. The number of hydrogen-bond donors (Lipinski definition) is 1. The Balaban J connectivity index is 1.57. The average Bonchev–Trinajstić information content (AvgIpc) is 2.67. The maximum atomic E-state index is 12.6. The number of benzene rings is 4. The number of rotatable bonds is 3. The number of hydrogen-bond acceptors (Lipinski definition) is 2. The molecule has 0 saturated heterocycles. The third kappa shape index (κ3) is 3.07. The molecule has 0 spiro atoms. The quantitative estimate of drug-likeness (QED) is 0.598. The molecule has 3 nitrogen and oxygen atoms in total. The lowest BCUT2D eigenvalue weighted by atomic mass is 10.0. The van der Waals surface area contributed by atoms with Crippen LogP contribution in [-0.4, -0.2) is 11.8 Å². The van der Waals surface area contributed by atoms with Crippen LogP contribution in [-0.2, 0) is 11.2 Å². The Morgan fingerprint density at radius 3 is 2.00 bits per heavy atom. The Morgan fingerprint density at radius 1 is 0.654 bits per heavy atom. The summed E-state index contributed by atoms with van der Waals surface area (Å²) in [6, 6.07) is 26.9. The second-order valence-electron chi connectivity index (χ2n) is 6.22. The Kier molecular flexibility index (Phi) is 4.20. The van der Waals surface area contributed by atoms with E-state index in [1.165, 1.54) is 0 Å². The summed E-state index contributed by atoms with van der Waals surface area (Å²) in [7, 11) is 0. The molecule has 0 saturated carbocycles. The third-order valence-electron chi connectivity index (χ3n) is 4.52. The molecule has 0 heterocycles. The van der Waals surface area contributed by atoms with Gasteiger partial charge in [-0.05, 0) is 33.2 Å². The number of imide groups is 1. The topological polar surface area (TPSA) is 46.2 Å². The van der Waals surface area contributed by atoms with Crippen molar-refractivity contribution in [2.45, 2.75) is 6.42 Å². The van der Waals surface area contributed by atoms with Gasteiger partial charge in [-0.25, -0.2) is 0 Å². The number of nitrogens with one attached hydrogen (secondary N) is 1. The summed E-state index contributed by atoms with van der Waals surface area (Å²) in [5.74, 6) is -0.675. The molecule has 0 aliphatic carbocycles. The maximum Gasteiger partial charge on any atom is 0.258 e. The molecule has 0 aliphatic heterocycles. The fraction of sp³-hybridized carbons (Fsp3) is 0.0435. The number of carbonyl (C=O) groups is 2. The summed E-state index contributed by atoms with van der Waals surface area (Å²) in [5, 5.41) is 6.45. The van der Waals surface area contributed by atoms with E-state index in [0.29, 0.717) is 5.56 Å². The molecule has 1 N–H and O–H groups in total. The van der Waals surface area contributed by atoms with Crippen LogP contribution in [0.3, 0.4) is 0 Å². The zero-order valence-electron chi connectivity index (χ0n) is 14.1. The standard InChI is InChI=1S/C23H17NO2/c25-22(15-18-11-5-9-16-7-1-3-12-19(16)18)24-23(26)21-14-6-10-17-8-2-4-13-20(17)21/h1-14H,15H2,(H,24,25,26). The third-order valence-corrected chi connectivity index (χ3v) is 4.52. The highest BCUT2D eigenvalue weighted by Crippen LogP contribution is 2.20. The molecule has 4 aromatic carbocycles. The van der Waals surface area contributed by atoms with Gasteiger partial charge in [0, 0.05) is 5.56 Å². The maximum absolute atomic E-state index is 12.6. The number of amides is 2. The second-order valence-corrected chi connectivity index (χ2v) is 6.22. The van der Waals surface area contributed by atoms with Crippen molar-refractivity contribution in [3.8, 4) is 0 Å². The molecule has 4 aromatic rings. The lowest BCUT2D eigenvalue weighted by Gasteiger charge is -2.09. The van der Waals surface area contributed by atoms with E-state index in [9.17, 15) is 9.59 Å². The molecule has 0 aromatic heterocycles. The van der Waals surface area contributed by atoms with E-state index >= 15 is 0 Å². The molecule has 0 bridgehead atoms. The predicted octanol–water partition coefficient (Wildman–Crippen LogP) is 4.49. The molecule has 3 heteroatoms. The van der Waals surface area contributed by atoms with Crippen molar-refractivity contribution >= 4 is 33.4 Å². The monoisotopic (exact) mass is 339 g/mol. The van der Waals surface area contributed by atoms with Crippen molar-refractivity contribution < 1.29 is 9.59 Å². The zero-order chi connectivity index (χ0) is 17.9. The molecule has 0 fully saturated rings. The van der Waals surface area contributed by atoms with Crippen molar-refractivity contribution in [1.29, 1.82) is 0 Å². The van der Waals surface area contributed by atoms with Crippen LogP contribution in [0.25, 0.3) is 21.5 Å². The molecule has 0 atom stereocenters. The van der Waals surface area contributed by atoms with Crippen LogP contribution in [0.2, 0.25) is 0 Å². The lowest BCUT2D eigenvalue weighted by Crippen LogP contribution is -2.31. The van der Waals surface area contributed by atoms with Gasteiger partial charge in [-0.3, -0.25) is 14.9 Å². The Bertz CT molecular complexity index is 1120. The minimum atomic E-state index is -0.368. The lowest BCUT2D eigenvalue weighted by molar-refractivity contribution is -0.119. The van der Waals surface area contributed by atoms with E-state index in [2.05, 4.69) is 5.32 Å². The van der Waals surface area contributed by atoms with Crippen LogP contribution < -0.4 is 5.32 Å². The summed E-state index contributed by atoms with van der Waals surface area (Å²) in [4.78, 5) is 25.0. The van der Waals surface area contributed by atoms with Crippen molar-refractivity contribution in [2.24, 2.45) is 0 Å². The molecule has 0 unspecified atom stereocenters. The van der Waals surface area contributed by atoms with E-state index < -0.39 is 0 Å². The average molecular weight is 339 g/mol. The van der Waals surface area contributed by atoms with Crippen LogP contribution in [0.1, 0.15) is 15.9 Å². The van der Waals surface area contributed by atoms with Crippen molar-refractivity contribution in [3.63, 3.8) is 0 Å². The normalized spacial score (nSPS) is 10.8. The van der Waals surface area contributed by atoms with Crippen LogP contribution in [0, 0.1) is 0 Å². The summed E-state index contributed by atoms with van der Waals surface area (Å²) in [6.07, 6.45) is 0.165. The first-order valence-electron chi connectivity index (χ1n) is 8.51. The van der Waals surface area contributed by atoms with Crippen LogP contribution in [0.15, 0.2) is 84.9 Å². The van der Waals surface area contributed by atoms with E-state index in [1.807, 2.05) is 78.9 Å². The van der Waals surface area contributed by atoms with Crippen molar-refractivity contribution in [1.82, 2.24) is 5.32 Å². The minimum absolute atomic E-state index is 0.165. The number of carbonyl (C=O) groups excluding carboxylic acids is 2. The number of fused-ring (bicyclic) bond motifs is 2. The van der Waals surface area contributed by atoms with Crippen LogP contribution in [0.5, 0.6) is 0 Å². The van der Waals surface area contributed by atoms with Crippen molar-refractivity contribution in [2.75, 3.05) is 0 Å². The Morgan fingerprint density at radius 2 is 1.23 bits per heavy atom. The highest BCUT2D eigenvalue weighted by Gasteiger charge is 2.14. The summed E-state index contributed by atoms with van der Waals surface area (Å²) in [5.41, 5.74) is 1.42. The Labute approximate surface area is 151 Å². The molecule has 0 radical (unpaired) electrons. The minimum Gasteiger partial charge on any atom is -0.292 e. The van der Waals surface area contributed by atoms with E-state index in [-0.39, 0.29) is 18.2 Å². The smallest absolute Gasteiger partial charge is 0.258 e. The van der Waals surface area contributed by atoms with E-state index in [1.54, 1.807) is 6.07 Å². The van der Waals surface area contributed by atoms with E-state index in [4.69, 9.17) is 0 Å². The van der Waals surface area contributed by atoms with Gasteiger partial charge >= 0.3 is 0 Å². The molecule has 0 aliphatic rings. The molecule has 4 rings (SSSR count). The van der Waals surface area contributed by atoms with E-state index in [0.717, 1.165) is 27.1 Å². The van der Waals surface area contributed by atoms with Gasteiger partial charge in [-0.1, -0.05) is 78.9 Å². The van der Waals surface area contributed by atoms with Gasteiger partial charge in [0.25, 0.3) is 5.91 Å². The zero-order valence-corrected chi connectivity index (χ0v) is 14.1. The van der Waals surface area contributed by atoms with Crippen LogP contribution in [0.4, 0.5) is 0 Å². The molecule has 2 amide bonds. The first-order valence-corrected chi connectivity index (χ1v) is 8.51. The van der Waals surface area contributed by atoms with Gasteiger partial charge in [-0.15, -0.1) is 0 Å². The summed E-state index contributed by atoms with van der Waals surface area (Å²) < 4.78 is 0. The molecule has 26 heavy (non-hydrogen) atoms. The fourth-order valence-corrected chi connectivity index (χ4v) is 3.28. The highest BCUT2D eigenvalue weighted by molar-refractivity contribution is 6.12. The first-order chi connectivity index (χ1) is 12.7.